The Morgan fingerprint density at radius 2 is 0.930 bits per heavy atom. The SMILES string of the molecule is COC(=O)COc1cccn2c(Cc3ccccc3-c3ccccc3)c(SC)c(C(=O)C(N)=O)c12.CSc1c(C(=O)C(N)=O)c2c(OCC(=O)O)cccn2c1Cc1ccccc1-c1ccccc1.[Li+].[OH-]. The van der Waals surface area contributed by atoms with Gasteiger partial charge in [0.15, 0.2) is 13.2 Å². The van der Waals surface area contributed by atoms with Gasteiger partial charge in [-0.15, -0.1) is 23.5 Å². The summed E-state index contributed by atoms with van der Waals surface area (Å²) in [5.41, 5.74) is 19.7. The molecule has 0 atom stereocenters. The van der Waals surface area contributed by atoms with E-state index in [1.165, 1.54) is 30.6 Å². The molecule has 0 unspecified atom stereocenters. The molecule has 4 heterocycles. The molecule has 2 amide bonds. The van der Waals surface area contributed by atoms with Crippen molar-refractivity contribution in [1.82, 2.24) is 8.80 Å². The van der Waals surface area contributed by atoms with E-state index in [-0.39, 0.29) is 53.6 Å². The number of amides is 2. The number of ketones is 2. The average molecular weight is 987 g/mol. The number of carbonyl (C=O) groups excluding carboxylic acids is 5. The number of nitrogens with zero attached hydrogens (tertiary/aromatic N) is 2. The minimum atomic E-state index is -1.15. The molecule has 6 N–H and O–H groups in total. The third-order valence-corrected chi connectivity index (χ3v) is 12.8. The molecule has 358 valence electrons. The predicted octanol–water partition coefficient (Wildman–Crippen LogP) is 5.02. The number of nitrogens with two attached hydrogens (primary N) is 2. The van der Waals surface area contributed by atoms with Gasteiger partial charge < -0.3 is 45.1 Å². The minimum absolute atomic E-state index is 0. The van der Waals surface area contributed by atoms with E-state index in [2.05, 4.69) is 10.8 Å². The molecule has 0 bridgehead atoms. The maximum atomic E-state index is 13.0. The summed E-state index contributed by atoms with van der Waals surface area (Å²) in [5.74, 6) is -5.08. The molecular weight excluding hydrogens is 940 g/mol. The Morgan fingerprint density at radius 3 is 1.30 bits per heavy atom. The Hall–Kier alpha value is -7.52. The van der Waals surface area contributed by atoms with Crippen LogP contribution in [0.5, 0.6) is 11.5 Å². The van der Waals surface area contributed by atoms with Gasteiger partial charge in [-0.25, -0.2) is 9.59 Å². The van der Waals surface area contributed by atoms with Crippen molar-refractivity contribution in [2.75, 3.05) is 32.8 Å². The summed E-state index contributed by atoms with van der Waals surface area (Å²) < 4.78 is 19.4. The number of ether oxygens (including phenoxy) is 3. The molecule has 0 fully saturated rings. The number of aliphatic carboxylic acids is 1. The standard InChI is InChI=1S/C27H24N2O5S.C26H22N2O5S.Li.H2O/c1-33-22(30)16-34-21-13-8-14-29-20(26(35-2)23(24(21)29)25(31)27(28)32)15-18-11-6-7-12-19(18)17-9-4-3-5-10-17;1-34-25-19(14-17-10-5-6-11-18(17)16-8-3-2-4-9-16)28-13-7-12-20(33-15-21(29)30)23(28)22(25)24(31)26(27)32;;/h3-14H,15-16H2,1-2H3,(H2,28,32);2-13H,14-15H2,1H3,(H2,27,32)(H,29,30);;1H2/q;;+1;/p-1. The van der Waals surface area contributed by atoms with Crippen molar-refractivity contribution in [1.29, 1.82) is 0 Å². The van der Waals surface area contributed by atoms with Crippen molar-refractivity contribution in [2.45, 2.75) is 22.6 Å². The Bertz CT molecular complexity index is 3250. The van der Waals surface area contributed by atoms with Crippen molar-refractivity contribution < 1.29 is 72.4 Å². The monoisotopic (exact) mass is 986 g/mol. The molecule has 0 aliphatic heterocycles. The number of rotatable bonds is 18. The molecule has 18 heteroatoms. The average Bonchev–Trinajstić information content (AvgIpc) is 3.87. The van der Waals surface area contributed by atoms with E-state index in [0.29, 0.717) is 33.7 Å². The molecule has 8 rings (SSSR count). The number of aromatic nitrogens is 2. The van der Waals surface area contributed by atoms with Gasteiger partial charge in [0, 0.05) is 46.4 Å². The van der Waals surface area contributed by atoms with Gasteiger partial charge in [-0.3, -0.25) is 19.2 Å². The maximum Gasteiger partial charge on any atom is 1.00 e. The number of Topliss-reactive ketones (excluding diaryl/α,β-unsaturated/α-hetero) is 2. The number of thioether (sulfide) groups is 2. The summed E-state index contributed by atoms with van der Waals surface area (Å²) >= 11 is 2.68. The number of methoxy groups -OCH3 is 1. The van der Waals surface area contributed by atoms with Crippen molar-refractivity contribution in [3.63, 3.8) is 0 Å². The van der Waals surface area contributed by atoms with Crippen molar-refractivity contribution in [2.24, 2.45) is 11.5 Å². The summed E-state index contributed by atoms with van der Waals surface area (Å²) in [6.45, 7) is -0.928. The molecular formula is C53H47LiN4O11S2. The van der Waals surface area contributed by atoms with Gasteiger partial charge in [0.05, 0.1) is 18.2 Å². The number of primary amides is 2. The first kappa shape index (κ1) is 54.4. The molecule has 0 radical (unpaired) electrons. The normalized spacial score (nSPS) is 10.5. The summed E-state index contributed by atoms with van der Waals surface area (Å²) in [7, 11) is 1.26. The Kier molecular flexibility index (Phi) is 19.0. The fraction of sp³-hybridized carbons (Fsp3) is 0.132. The van der Waals surface area contributed by atoms with Gasteiger partial charge in [-0.1, -0.05) is 109 Å². The fourth-order valence-electron chi connectivity index (χ4n) is 8.15. The largest absolute Gasteiger partial charge is 1.00 e. The number of hydrogen-bond acceptors (Lipinski definition) is 12. The summed E-state index contributed by atoms with van der Waals surface area (Å²) in [5, 5.41) is 9.08. The smallest absolute Gasteiger partial charge is 0.870 e. The van der Waals surface area contributed by atoms with Crippen LogP contribution in [0.3, 0.4) is 0 Å². The van der Waals surface area contributed by atoms with Crippen LogP contribution in [-0.2, 0) is 36.8 Å². The Morgan fingerprint density at radius 1 is 0.549 bits per heavy atom. The number of carboxylic acids is 1. The quantitative estimate of drug-likeness (QED) is 0.0337. The second-order valence-electron chi connectivity index (χ2n) is 15.2. The van der Waals surface area contributed by atoms with E-state index in [0.717, 1.165) is 44.8 Å². The molecule has 8 aromatic rings. The first-order chi connectivity index (χ1) is 33.4. The third-order valence-electron chi connectivity index (χ3n) is 11.1. The molecule has 0 aliphatic carbocycles. The van der Waals surface area contributed by atoms with E-state index >= 15 is 0 Å². The summed E-state index contributed by atoms with van der Waals surface area (Å²) in [6, 6.07) is 42.7. The topological polar surface area (TPSA) is 241 Å². The minimum Gasteiger partial charge on any atom is -0.870 e. The second-order valence-corrected chi connectivity index (χ2v) is 16.9. The summed E-state index contributed by atoms with van der Waals surface area (Å²) in [4.78, 5) is 73.8. The molecule has 71 heavy (non-hydrogen) atoms. The first-order valence-electron chi connectivity index (χ1n) is 21.3. The summed E-state index contributed by atoms with van der Waals surface area (Å²) in [6.07, 6.45) is 8.16. The zero-order valence-corrected chi connectivity index (χ0v) is 40.8. The Balaban J connectivity index is 0.000000257. The van der Waals surface area contributed by atoms with Crippen molar-refractivity contribution in [3.05, 3.63) is 179 Å². The van der Waals surface area contributed by atoms with Gasteiger partial charge in [0.25, 0.3) is 23.4 Å². The molecule has 4 aromatic carbocycles. The van der Waals surface area contributed by atoms with Gasteiger partial charge in [-0.2, -0.15) is 0 Å². The third kappa shape index (κ3) is 11.9. The molecule has 0 saturated carbocycles. The van der Waals surface area contributed by atoms with Crippen LogP contribution in [0.25, 0.3) is 33.3 Å². The number of esters is 1. The predicted molar refractivity (Wildman–Crippen MR) is 267 cm³/mol. The zero-order chi connectivity index (χ0) is 49.2. The molecule has 0 saturated heterocycles. The van der Waals surface area contributed by atoms with E-state index in [9.17, 15) is 28.8 Å². The fourth-order valence-corrected chi connectivity index (χ4v) is 9.75. The number of fused-ring (bicyclic) bond motifs is 2. The van der Waals surface area contributed by atoms with Crippen LogP contribution in [0.15, 0.2) is 156 Å². The van der Waals surface area contributed by atoms with Crippen LogP contribution in [0, 0.1) is 0 Å². The van der Waals surface area contributed by atoms with Gasteiger partial charge in [0.1, 0.15) is 22.5 Å². The molecule has 0 spiro atoms. The number of benzene rings is 4. The van der Waals surface area contributed by atoms with Crippen LogP contribution in [-0.4, -0.2) is 87.5 Å². The van der Waals surface area contributed by atoms with Gasteiger partial charge in [0.2, 0.25) is 0 Å². The van der Waals surface area contributed by atoms with Gasteiger partial charge in [-0.05, 0) is 70.2 Å². The van der Waals surface area contributed by atoms with Crippen LogP contribution in [0.4, 0.5) is 0 Å². The molecule has 0 aliphatic rings. The first-order valence-corrected chi connectivity index (χ1v) is 23.7. The van der Waals surface area contributed by atoms with Crippen molar-refractivity contribution in [3.8, 4) is 33.8 Å². The van der Waals surface area contributed by atoms with Gasteiger partial charge >= 0.3 is 30.8 Å². The van der Waals surface area contributed by atoms with E-state index in [4.69, 9.17) is 26.0 Å². The number of pyridine rings is 2. The van der Waals surface area contributed by atoms with Crippen LogP contribution in [0.2, 0.25) is 0 Å². The van der Waals surface area contributed by atoms with Crippen molar-refractivity contribution >= 4 is 69.9 Å². The zero-order valence-electron chi connectivity index (χ0n) is 39.1. The van der Waals surface area contributed by atoms with E-state index in [1.54, 1.807) is 41.1 Å². The van der Waals surface area contributed by atoms with Crippen LogP contribution >= 0.6 is 23.5 Å². The number of hydrogen-bond donors (Lipinski definition) is 3. The number of carbonyl (C=O) groups is 6. The van der Waals surface area contributed by atoms with Crippen LogP contribution in [0.1, 0.15) is 43.2 Å². The van der Waals surface area contributed by atoms with E-state index in [1.807, 2.05) is 120 Å². The maximum absolute atomic E-state index is 13.0. The molecule has 4 aromatic heterocycles. The van der Waals surface area contributed by atoms with Crippen LogP contribution < -0.4 is 39.8 Å². The molecule has 15 nitrogen and oxygen atoms in total. The second kappa shape index (κ2) is 24.9. The Labute approximate surface area is 429 Å². The van der Waals surface area contributed by atoms with E-state index < -0.39 is 41.9 Å². The number of carboxylic acid groups (broad SMARTS) is 1.